The van der Waals surface area contributed by atoms with Crippen molar-refractivity contribution >= 4 is 17.3 Å². The van der Waals surface area contributed by atoms with Crippen molar-refractivity contribution in [2.24, 2.45) is 5.92 Å². The first-order valence-corrected chi connectivity index (χ1v) is 9.48. The highest BCUT2D eigenvalue weighted by Gasteiger charge is 2.61. The minimum absolute atomic E-state index is 0.129. The average Bonchev–Trinajstić information content (AvgIpc) is 2.73. The van der Waals surface area contributed by atoms with E-state index >= 15 is 0 Å². The summed E-state index contributed by atoms with van der Waals surface area (Å²) in [6, 6.07) is 13.4. The van der Waals surface area contributed by atoms with Crippen molar-refractivity contribution < 1.29 is 39.5 Å². The summed E-state index contributed by atoms with van der Waals surface area (Å²) in [5, 5.41) is 42.1. The van der Waals surface area contributed by atoms with Gasteiger partial charge in [0.25, 0.3) is 5.79 Å². The van der Waals surface area contributed by atoms with Crippen LogP contribution >= 0.6 is 0 Å². The molecule has 0 atom stereocenters. The zero-order valence-corrected chi connectivity index (χ0v) is 17.6. The van der Waals surface area contributed by atoms with Gasteiger partial charge < -0.3 is 25.2 Å². The quantitative estimate of drug-likeness (QED) is 0.189. The third kappa shape index (κ3) is 4.90. The van der Waals surface area contributed by atoms with Gasteiger partial charge in [-0.05, 0) is 37.1 Å². The van der Waals surface area contributed by atoms with Crippen LogP contribution in [0.5, 0.6) is 5.75 Å². The molecule has 8 nitrogen and oxygen atoms in total. The zero-order chi connectivity index (χ0) is 24.3. The highest BCUT2D eigenvalue weighted by Crippen LogP contribution is 2.34. The van der Waals surface area contributed by atoms with E-state index in [0.29, 0.717) is 0 Å². The fraction of sp³-hybridized carbons (Fsp3) is 0.208. The van der Waals surface area contributed by atoms with Crippen LogP contribution < -0.4 is 4.74 Å². The summed E-state index contributed by atoms with van der Waals surface area (Å²) in [5.74, 6) is -13.4. The van der Waals surface area contributed by atoms with Gasteiger partial charge in [-0.15, -0.1) is 0 Å². The van der Waals surface area contributed by atoms with Gasteiger partial charge in [-0.2, -0.15) is 0 Å². The molecule has 0 amide bonds. The second-order valence-electron chi connectivity index (χ2n) is 7.35. The molecule has 0 heterocycles. The molecule has 8 heteroatoms. The maximum Gasteiger partial charge on any atom is 0.380 e. The lowest BCUT2D eigenvalue weighted by molar-refractivity contribution is -0.439. The van der Waals surface area contributed by atoms with Crippen LogP contribution in [-0.2, 0) is 9.59 Å². The summed E-state index contributed by atoms with van der Waals surface area (Å²) < 4.78 is 5.01. The van der Waals surface area contributed by atoms with E-state index in [4.69, 9.17) is 4.74 Å². The van der Waals surface area contributed by atoms with Crippen LogP contribution in [-0.4, -0.2) is 49.5 Å². The largest absolute Gasteiger partial charge is 0.434 e. The molecule has 0 saturated heterocycles. The molecule has 0 fully saturated rings. The summed E-state index contributed by atoms with van der Waals surface area (Å²) >= 11 is 0. The highest BCUT2D eigenvalue weighted by molar-refractivity contribution is 6.15. The number of ether oxygens (including phenoxy) is 1. The lowest BCUT2D eigenvalue weighted by Crippen LogP contribution is -2.65. The fourth-order valence-corrected chi connectivity index (χ4v) is 2.88. The van der Waals surface area contributed by atoms with Gasteiger partial charge in [-0.3, -0.25) is 14.4 Å². The molecule has 0 aliphatic heterocycles. The normalized spacial score (nSPS) is 11.7. The number of allylic oxidation sites excluding steroid dienone is 2. The Labute approximate surface area is 184 Å². The second-order valence-corrected chi connectivity index (χ2v) is 7.35. The molecule has 4 N–H and O–H groups in total. The Balaban J connectivity index is 2.51. The van der Waals surface area contributed by atoms with E-state index in [-0.39, 0.29) is 22.3 Å². The highest BCUT2D eigenvalue weighted by atomic mass is 16.8. The Bertz CT molecular complexity index is 1040. The van der Waals surface area contributed by atoms with Crippen LogP contribution in [0.15, 0.2) is 78.9 Å². The van der Waals surface area contributed by atoms with E-state index in [9.17, 15) is 34.8 Å². The Morgan fingerprint density at radius 1 is 0.812 bits per heavy atom. The van der Waals surface area contributed by atoms with E-state index in [0.717, 1.165) is 0 Å². The molecule has 2 aromatic carbocycles. The van der Waals surface area contributed by atoms with E-state index in [1.54, 1.807) is 18.2 Å². The molecule has 0 aromatic heterocycles. The number of para-hydroxylation sites is 1. The van der Waals surface area contributed by atoms with Gasteiger partial charge in [-0.25, -0.2) is 0 Å². The maximum atomic E-state index is 12.8. The molecule has 0 unspecified atom stereocenters. The number of benzene rings is 2. The number of carbonyl (C=O) groups excluding carboxylic acids is 3. The lowest BCUT2D eigenvalue weighted by atomic mass is 9.83. The summed E-state index contributed by atoms with van der Waals surface area (Å²) in [4.78, 5) is 37.8. The van der Waals surface area contributed by atoms with Crippen LogP contribution in [0.4, 0.5) is 0 Å². The van der Waals surface area contributed by atoms with Crippen LogP contribution in [0.1, 0.15) is 29.8 Å². The van der Waals surface area contributed by atoms with Crippen molar-refractivity contribution in [3.63, 3.8) is 0 Å². The first-order valence-electron chi connectivity index (χ1n) is 9.48. The monoisotopic (exact) mass is 440 g/mol. The van der Waals surface area contributed by atoms with Gasteiger partial charge in [0.15, 0.2) is 17.3 Å². The van der Waals surface area contributed by atoms with E-state index in [1.165, 1.54) is 50.2 Å². The van der Waals surface area contributed by atoms with Crippen molar-refractivity contribution in [2.75, 3.05) is 0 Å². The molecule has 0 aliphatic rings. The second kappa shape index (κ2) is 9.37. The number of rotatable bonds is 10. The van der Waals surface area contributed by atoms with Crippen molar-refractivity contribution in [1.29, 1.82) is 0 Å². The van der Waals surface area contributed by atoms with Crippen LogP contribution in [0.2, 0.25) is 0 Å². The van der Waals surface area contributed by atoms with E-state index in [2.05, 4.69) is 13.2 Å². The predicted octanol–water partition coefficient (Wildman–Crippen LogP) is 1.52. The molecule has 0 radical (unpaired) electrons. The Morgan fingerprint density at radius 3 is 1.78 bits per heavy atom. The Hall–Kier alpha value is -3.43. The summed E-state index contributed by atoms with van der Waals surface area (Å²) in [5.41, 5.74) is -0.354. The molecular weight excluding hydrogens is 416 g/mol. The molecule has 0 saturated carbocycles. The maximum absolute atomic E-state index is 12.8. The molecule has 0 aliphatic carbocycles. The molecule has 168 valence electrons. The Morgan fingerprint density at radius 2 is 1.28 bits per heavy atom. The number of Topliss-reactive ketones (excluding diaryl/α,β-unsaturated/α-hetero) is 2. The minimum Gasteiger partial charge on any atom is -0.434 e. The van der Waals surface area contributed by atoms with Gasteiger partial charge in [0, 0.05) is 5.56 Å². The zero-order valence-electron chi connectivity index (χ0n) is 17.6. The van der Waals surface area contributed by atoms with Gasteiger partial charge in [0.05, 0.1) is 5.56 Å². The first-order chi connectivity index (χ1) is 14.8. The SMILES string of the molecule is C=C(C)C(=O)C(C(=O)C(=C)C)C(O)(O)C(O)(O)Oc1ccccc1C(=O)c1ccccc1. The first kappa shape index (κ1) is 24.8. The van der Waals surface area contributed by atoms with Gasteiger partial charge >= 0.3 is 5.97 Å². The van der Waals surface area contributed by atoms with Crippen LogP contribution in [0, 0.1) is 5.92 Å². The summed E-state index contributed by atoms with van der Waals surface area (Å²) in [7, 11) is 0. The number of ketones is 3. The molecule has 0 spiro atoms. The summed E-state index contributed by atoms with van der Waals surface area (Å²) in [6.45, 7) is 9.15. The number of hydrogen-bond acceptors (Lipinski definition) is 8. The third-order valence-electron chi connectivity index (χ3n) is 4.67. The number of aliphatic hydroxyl groups is 4. The third-order valence-corrected chi connectivity index (χ3v) is 4.67. The predicted molar refractivity (Wildman–Crippen MR) is 114 cm³/mol. The summed E-state index contributed by atoms with van der Waals surface area (Å²) in [6.07, 6.45) is 0. The molecule has 2 rings (SSSR count). The lowest BCUT2D eigenvalue weighted by Gasteiger charge is -2.38. The smallest absolute Gasteiger partial charge is 0.380 e. The van der Waals surface area contributed by atoms with Gasteiger partial charge in [0.1, 0.15) is 11.7 Å². The fourth-order valence-electron chi connectivity index (χ4n) is 2.88. The molecule has 2 aromatic rings. The molecule has 0 bridgehead atoms. The topological polar surface area (TPSA) is 141 Å². The molecule has 32 heavy (non-hydrogen) atoms. The Kier molecular flexibility index (Phi) is 7.27. The van der Waals surface area contributed by atoms with Crippen molar-refractivity contribution in [2.45, 2.75) is 25.6 Å². The van der Waals surface area contributed by atoms with Gasteiger partial charge in [0.2, 0.25) is 0 Å². The van der Waals surface area contributed by atoms with Crippen LogP contribution in [0.25, 0.3) is 0 Å². The van der Waals surface area contributed by atoms with Crippen molar-refractivity contribution in [3.05, 3.63) is 90.0 Å². The number of hydrogen-bond donors (Lipinski definition) is 4. The molecular formula is C24H24O8. The minimum atomic E-state index is -3.89. The van der Waals surface area contributed by atoms with E-state index in [1.807, 2.05) is 0 Å². The van der Waals surface area contributed by atoms with Crippen molar-refractivity contribution in [3.8, 4) is 5.75 Å². The van der Waals surface area contributed by atoms with E-state index < -0.39 is 40.8 Å². The van der Waals surface area contributed by atoms with Gasteiger partial charge in [-0.1, -0.05) is 55.6 Å². The standard InChI is InChI=1S/C24H24O8/c1-14(2)20(25)19(21(26)15(3)4)23(28,29)24(30,31)32-18-13-9-8-12-17(18)22(27)16-10-6-5-7-11-16/h5-13,19,28-31H,1,3H2,2,4H3. The number of carbonyl (C=O) groups is 3. The average molecular weight is 440 g/mol. The van der Waals surface area contributed by atoms with Crippen LogP contribution in [0.3, 0.4) is 0 Å². The van der Waals surface area contributed by atoms with Crippen molar-refractivity contribution in [1.82, 2.24) is 0 Å².